The summed E-state index contributed by atoms with van der Waals surface area (Å²) in [6.45, 7) is 3.50. The molecule has 9 heteroatoms. The van der Waals surface area contributed by atoms with Crippen molar-refractivity contribution in [3.63, 3.8) is 0 Å². The number of rotatable bonds is 6. The largest absolute Gasteiger partial charge is 0.243 e. The quantitative estimate of drug-likeness (QED) is 0.584. The number of alkyl halides is 1. The number of sulfonamides is 1. The van der Waals surface area contributed by atoms with E-state index < -0.39 is 36.6 Å². The van der Waals surface area contributed by atoms with Crippen molar-refractivity contribution >= 4 is 35.8 Å². The fourth-order valence-corrected chi connectivity index (χ4v) is 4.43. The maximum atomic E-state index is 13.7. The van der Waals surface area contributed by atoms with E-state index >= 15 is 0 Å². The van der Waals surface area contributed by atoms with Gasteiger partial charge in [0.2, 0.25) is 10.0 Å². The van der Waals surface area contributed by atoms with Crippen LogP contribution >= 0.6 is 15.9 Å². The second kappa shape index (κ2) is 6.72. The van der Waals surface area contributed by atoms with Crippen LogP contribution in [0.15, 0.2) is 28.0 Å². The van der Waals surface area contributed by atoms with Gasteiger partial charge in [-0.05, 0) is 31.5 Å². The summed E-state index contributed by atoms with van der Waals surface area (Å²) in [7, 11) is -7.75. The summed E-state index contributed by atoms with van der Waals surface area (Å²) < 4.78 is 63.3. The van der Waals surface area contributed by atoms with Crippen molar-refractivity contribution in [2.24, 2.45) is 0 Å². The molecule has 1 rings (SSSR count). The summed E-state index contributed by atoms with van der Waals surface area (Å²) in [6.07, 6.45) is 1.44. The summed E-state index contributed by atoms with van der Waals surface area (Å²) in [5, 5.41) is 0. The zero-order valence-electron chi connectivity index (χ0n) is 11.8. The first-order valence-corrected chi connectivity index (χ1v) is 10.4. The van der Waals surface area contributed by atoms with E-state index in [1.165, 1.54) is 0 Å². The maximum Gasteiger partial charge on any atom is 0.243 e. The third-order valence-electron chi connectivity index (χ3n) is 2.66. The van der Waals surface area contributed by atoms with Crippen LogP contribution in [0.5, 0.6) is 0 Å². The lowest BCUT2D eigenvalue weighted by atomic mass is 10.2. The molecule has 5 nitrogen and oxygen atoms in total. The van der Waals surface area contributed by atoms with E-state index in [1.807, 2.05) is 6.92 Å². The maximum absolute atomic E-state index is 13.7. The third-order valence-corrected chi connectivity index (χ3v) is 5.74. The number of sulfone groups is 1. The first-order chi connectivity index (χ1) is 9.43. The van der Waals surface area contributed by atoms with E-state index in [1.54, 1.807) is 6.92 Å². The number of nitrogens with one attached hydrogen (secondary N) is 1. The Balaban J connectivity index is 3.19. The molecule has 0 amide bonds. The average molecular weight is 402 g/mol. The van der Waals surface area contributed by atoms with Crippen molar-refractivity contribution in [2.45, 2.75) is 40.9 Å². The Hall–Kier alpha value is -0.510. The standard InChI is InChI=1S/C12H17BrFNO4S2/c1-8(13)6-9(2)15-21(18,19)12-7-10(20(3,16)17)4-5-11(12)14/h4-5,7-9,15H,6H2,1-3H3. The van der Waals surface area contributed by atoms with Gasteiger partial charge in [0.25, 0.3) is 0 Å². The molecule has 0 fully saturated rings. The van der Waals surface area contributed by atoms with Crippen molar-refractivity contribution < 1.29 is 21.2 Å². The molecule has 21 heavy (non-hydrogen) atoms. The van der Waals surface area contributed by atoms with Crippen LogP contribution in [0, 0.1) is 5.82 Å². The molecule has 0 aliphatic heterocycles. The molecule has 0 saturated heterocycles. The first-order valence-electron chi connectivity index (χ1n) is 6.09. The van der Waals surface area contributed by atoms with Crippen molar-refractivity contribution in [2.75, 3.05) is 6.26 Å². The zero-order chi connectivity index (χ0) is 16.4. The Labute approximate surface area is 133 Å². The SMILES string of the molecule is CC(Br)CC(C)NS(=O)(=O)c1cc(S(C)(=O)=O)ccc1F. The van der Waals surface area contributed by atoms with Gasteiger partial charge < -0.3 is 0 Å². The highest BCUT2D eigenvalue weighted by molar-refractivity contribution is 9.09. The van der Waals surface area contributed by atoms with Gasteiger partial charge in [-0.2, -0.15) is 0 Å². The van der Waals surface area contributed by atoms with Crippen molar-refractivity contribution in [1.29, 1.82) is 0 Å². The van der Waals surface area contributed by atoms with Crippen LogP contribution in [0.1, 0.15) is 20.3 Å². The van der Waals surface area contributed by atoms with Gasteiger partial charge in [0.1, 0.15) is 10.7 Å². The van der Waals surface area contributed by atoms with E-state index in [4.69, 9.17) is 0 Å². The molecule has 0 saturated carbocycles. The molecule has 0 heterocycles. The van der Waals surface area contributed by atoms with E-state index in [0.29, 0.717) is 6.42 Å². The van der Waals surface area contributed by atoms with Gasteiger partial charge >= 0.3 is 0 Å². The van der Waals surface area contributed by atoms with Gasteiger partial charge in [-0.15, -0.1) is 0 Å². The van der Waals surface area contributed by atoms with Crippen LogP contribution in [0.25, 0.3) is 0 Å². The number of hydrogen-bond acceptors (Lipinski definition) is 4. The number of hydrogen-bond donors (Lipinski definition) is 1. The van der Waals surface area contributed by atoms with Crippen LogP contribution in [-0.2, 0) is 19.9 Å². The van der Waals surface area contributed by atoms with Gasteiger partial charge in [-0.25, -0.2) is 25.9 Å². The van der Waals surface area contributed by atoms with Crippen molar-refractivity contribution in [3.8, 4) is 0 Å². The lowest BCUT2D eigenvalue weighted by Crippen LogP contribution is -2.34. The topological polar surface area (TPSA) is 80.3 Å². The summed E-state index contributed by atoms with van der Waals surface area (Å²) in [4.78, 5) is -0.826. The van der Waals surface area contributed by atoms with Gasteiger partial charge in [0, 0.05) is 17.1 Å². The molecule has 1 N–H and O–H groups in total. The molecular formula is C12H17BrFNO4S2. The summed E-state index contributed by atoms with van der Waals surface area (Å²) in [5.74, 6) is -0.992. The Morgan fingerprint density at radius 2 is 1.81 bits per heavy atom. The summed E-state index contributed by atoms with van der Waals surface area (Å²) in [6, 6.07) is 2.28. The molecule has 0 bridgehead atoms. The molecule has 2 unspecified atom stereocenters. The fraction of sp³-hybridized carbons (Fsp3) is 0.500. The van der Waals surface area contributed by atoms with Crippen molar-refractivity contribution in [1.82, 2.24) is 4.72 Å². The van der Waals surface area contributed by atoms with Crippen LogP contribution in [0.3, 0.4) is 0 Å². The Morgan fingerprint density at radius 3 is 2.29 bits per heavy atom. The van der Waals surface area contributed by atoms with Gasteiger partial charge in [0.05, 0.1) is 4.90 Å². The molecular weight excluding hydrogens is 385 g/mol. The minimum atomic E-state index is -4.13. The molecule has 1 aromatic carbocycles. The predicted octanol–water partition coefficient (Wildman–Crippen LogP) is 2.07. The van der Waals surface area contributed by atoms with Crippen LogP contribution in [-0.4, -0.2) is 34.0 Å². The normalized spacial score (nSPS) is 15.7. The average Bonchev–Trinajstić information content (AvgIpc) is 2.25. The van der Waals surface area contributed by atoms with Crippen LogP contribution in [0.2, 0.25) is 0 Å². The van der Waals surface area contributed by atoms with Gasteiger partial charge in [-0.3, -0.25) is 0 Å². The van der Waals surface area contributed by atoms with E-state index in [9.17, 15) is 21.2 Å². The molecule has 2 atom stereocenters. The molecule has 0 aliphatic rings. The van der Waals surface area contributed by atoms with Crippen molar-refractivity contribution in [3.05, 3.63) is 24.0 Å². The first kappa shape index (κ1) is 18.5. The fourth-order valence-electron chi connectivity index (χ4n) is 1.78. The second-order valence-electron chi connectivity index (χ2n) is 4.90. The molecule has 0 radical (unpaired) electrons. The second-order valence-corrected chi connectivity index (χ2v) is 10.2. The number of halogens is 2. The minimum absolute atomic E-state index is 0.0856. The lowest BCUT2D eigenvalue weighted by molar-refractivity contribution is 0.533. The highest BCUT2D eigenvalue weighted by atomic mass is 79.9. The smallest absolute Gasteiger partial charge is 0.224 e. The Kier molecular flexibility index (Phi) is 5.93. The lowest BCUT2D eigenvalue weighted by Gasteiger charge is -2.16. The zero-order valence-corrected chi connectivity index (χ0v) is 15.0. The molecule has 0 aliphatic carbocycles. The van der Waals surface area contributed by atoms with Crippen LogP contribution < -0.4 is 4.72 Å². The molecule has 120 valence electrons. The summed E-state index contributed by atoms with van der Waals surface area (Å²) in [5.41, 5.74) is 0. The molecule has 0 spiro atoms. The van der Waals surface area contributed by atoms with E-state index in [-0.39, 0.29) is 9.72 Å². The monoisotopic (exact) mass is 401 g/mol. The highest BCUT2D eigenvalue weighted by Gasteiger charge is 2.24. The highest BCUT2D eigenvalue weighted by Crippen LogP contribution is 2.20. The van der Waals surface area contributed by atoms with Crippen LogP contribution in [0.4, 0.5) is 4.39 Å². The van der Waals surface area contributed by atoms with E-state index in [2.05, 4.69) is 20.7 Å². The predicted molar refractivity (Wildman–Crippen MR) is 82.3 cm³/mol. The van der Waals surface area contributed by atoms with Gasteiger partial charge in [0.15, 0.2) is 9.84 Å². The van der Waals surface area contributed by atoms with Gasteiger partial charge in [-0.1, -0.05) is 22.9 Å². The molecule has 0 aromatic heterocycles. The minimum Gasteiger partial charge on any atom is -0.224 e. The van der Waals surface area contributed by atoms with E-state index in [0.717, 1.165) is 24.5 Å². The Bertz CT molecular complexity index is 717. The Morgan fingerprint density at radius 1 is 1.24 bits per heavy atom. The molecule has 1 aromatic rings. The number of benzene rings is 1. The third kappa shape index (κ3) is 5.32. The summed E-state index contributed by atoms with van der Waals surface area (Å²) >= 11 is 3.30.